The zero-order valence-electron chi connectivity index (χ0n) is 11.4. The summed E-state index contributed by atoms with van der Waals surface area (Å²) in [7, 11) is -1.64. The van der Waals surface area contributed by atoms with Crippen molar-refractivity contribution in [2.75, 3.05) is 7.11 Å². The van der Waals surface area contributed by atoms with Crippen LogP contribution in [0.2, 0.25) is 0 Å². The molecule has 1 aromatic carbocycles. The van der Waals surface area contributed by atoms with Crippen molar-refractivity contribution in [2.24, 2.45) is 5.41 Å². The largest absolute Gasteiger partial charge is 0.497 e. The van der Waals surface area contributed by atoms with Crippen molar-refractivity contribution in [2.45, 2.75) is 43.8 Å². The van der Waals surface area contributed by atoms with Crippen LogP contribution in [0.4, 0.5) is 0 Å². The van der Waals surface area contributed by atoms with E-state index in [1.54, 1.807) is 13.2 Å². The zero-order chi connectivity index (χ0) is 13.6. The number of fused-ring (bicyclic) bond motifs is 1. The average molecular weight is 268 g/mol. The fourth-order valence-corrected chi connectivity index (χ4v) is 4.77. The van der Waals surface area contributed by atoms with Gasteiger partial charge < -0.3 is 4.74 Å². The third-order valence-electron chi connectivity index (χ3n) is 3.31. The Bertz CT molecular complexity index is 553. The first kappa shape index (κ1) is 13.4. The molecule has 0 fully saturated rings. The van der Waals surface area contributed by atoms with E-state index in [2.05, 4.69) is 20.8 Å². The Kier molecular flexibility index (Phi) is 3.18. The van der Waals surface area contributed by atoms with Crippen LogP contribution >= 0.6 is 0 Å². The Morgan fingerprint density at radius 2 is 2.00 bits per heavy atom. The van der Waals surface area contributed by atoms with Gasteiger partial charge in [0.05, 0.1) is 17.3 Å². The summed E-state index contributed by atoms with van der Waals surface area (Å²) in [5.41, 5.74) is 0.939. The van der Waals surface area contributed by atoms with Gasteiger partial charge in [0.2, 0.25) is 0 Å². The van der Waals surface area contributed by atoms with Crippen molar-refractivity contribution in [1.82, 2.24) is 0 Å². The summed E-state index contributed by atoms with van der Waals surface area (Å²) in [4.78, 5) is 0.455. The lowest BCUT2D eigenvalue weighted by molar-refractivity contribution is 0.367. The van der Waals surface area contributed by atoms with Crippen LogP contribution in [0.15, 0.2) is 23.1 Å². The highest BCUT2D eigenvalue weighted by molar-refractivity contribution is 7.92. The Morgan fingerprint density at radius 3 is 2.56 bits per heavy atom. The minimum Gasteiger partial charge on any atom is -0.497 e. The van der Waals surface area contributed by atoms with E-state index in [0.29, 0.717) is 23.5 Å². The summed E-state index contributed by atoms with van der Waals surface area (Å²) in [5.74, 6) is 0.605. The van der Waals surface area contributed by atoms with Crippen LogP contribution in [0.5, 0.6) is 5.75 Å². The molecule has 0 aromatic heterocycles. The number of hydrogen-bond donors (Lipinski definition) is 0. The fourth-order valence-electron chi connectivity index (χ4n) is 2.49. The second kappa shape index (κ2) is 4.26. The Hall–Kier alpha value is -1.03. The normalized spacial score (nSPS) is 21.7. The summed E-state index contributed by atoms with van der Waals surface area (Å²) in [5, 5.41) is -0.292. The maximum absolute atomic E-state index is 12.5. The molecule has 0 saturated carbocycles. The van der Waals surface area contributed by atoms with Gasteiger partial charge in [-0.25, -0.2) is 8.42 Å². The number of hydrogen-bond acceptors (Lipinski definition) is 3. The monoisotopic (exact) mass is 268 g/mol. The van der Waals surface area contributed by atoms with Crippen LogP contribution in [0.25, 0.3) is 0 Å². The molecule has 1 atom stereocenters. The first-order valence-corrected chi connectivity index (χ1v) is 7.69. The molecule has 3 nitrogen and oxygen atoms in total. The predicted molar refractivity (Wildman–Crippen MR) is 71.7 cm³/mol. The molecule has 2 rings (SSSR count). The SMILES string of the molecule is COc1ccc2c(c1)S(=O)(=O)C(CC(C)(C)C)C2. The molecule has 0 saturated heterocycles. The number of methoxy groups -OCH3 is 1. The molecule has 0 amide bonds. The second-order valence-electron chi connectivity index (χ2n) is 6.11. The second-order valence-corrected chi connectivity index (χ2v) is 8.31. The smallest absolute Gasteiger partial charge is 0.181 e. The maximum atomic E-state index is 12.5. The Balaban J connectivity index is 2.40. The van der Waals surface area contributed by atoms with Crippen molar-refractivity contribution in [1.29, 1.82) is 0 Å². The summed E-state index contributed by atoms with van der Waals surface area (Å²) >= 11 is 0. The lowest BCUT2D eigenvalue weighted by atomic mass is 9.89. The van der Waals surface area contributed by atoms with E-state index in [9.17, 15) is 8.42 Å². The van der Waals surface area contributed by atoms with E-state index >= 15 is 0 Å². The van der Waals surface area contributed by atoms with E-state index in [-0.39, 0.29) is 10.7 Å². The maximum Gasteiger partial charge on any atom is 0.181 e. The summed E-state index contributed by atoms with van der Waals surface area (Å²) in [6.45, 7) is 6.23. The fraction of sp³-hybridized carbons (Fsp3) is 0.571. The van der Waals surface area contributed by atoms with E-state index < -0.39 is 9.84 Å². The molecule has 0 radical (unpaired) electrons. The zero-order valence-corrected chi connectivity index (χ0v) is 12.2. The summed E-state index contributed by atoms with van der Waals surface area (Å²) < 4.78 is 30.1. The molecule has 4 heteroatoms. The highest BCUT2D eigenvalue weighted by Gasteiger charge is 2.39. The van der Waals surface area contributed by atoms with Gasteiger partial charge in [0, 0.05) is 0 Å². The van der Waals surface area contributed by atoms with Crippen molar-refractivity contribution in [3.63, 3.8) is 0 Å². The van der Waals surface area contributed by atoms with Gasteiger partial charge in [-0.2, -0.15) is 0 Å². The van der Waals surface area contributed by atoms with Crippen molar-refractivity contribution < 1.29 is 13.2 Å². The highest BCUT2D eigenvalue weighted by Crippen LogP contribution is 2.38. The van der Waals surface area contributed by atoms with Crippen molar-refractivity contribution in [3.8, 4) is 5.75 Å². The standard InChI is InChI=1S/C14H20O3S/c1-14(2,3)9-12-7-10-5-6-11(17-4)8-13(10)18(12,15)16/h5-6,8,12H,7,9H2,1-4H3. The number of ether oxygens (including phenoxy) is 1. The molecule has 0 aliphatic carbocycles. The van der Waals surface area contributed by atoms with Gasteiger partial charge in [-0.15, -0.1) is 0 Å². The summed E-state index contributed by atoms with van der Waals surface area (Å²) in [6, 6.07) is 5.34. The third-order valence-corrected chi connectivity index (χ3v) is 5.51. The van der Waals surface area contributed by atoms with Gasteiger partial charge >= 0.3 is 0 Å². The quantitative estimate of drug-likeness (QED) is 0.828. The highest BCUT2D eigenvalue weighted by atomic mass is 32.2. The van der Waals surface area contributed by atoms with E-state index in [0.717, 1.165) is 5.56 Å². The molecule has 0 N–H and O–H groups in total. The van der Waals surface area contributed by atoms with Gasteiger partial charge in [0.15, 0.2) is 9.84 Å². The van der Waals surface area contributed by atoms with Crippen LogP contribution in [-0.2, 0) is 16.3 Å². The molecule has 1 unspecified atom stereocenters. The minimum atomic E-state index is -3.19. The molecule has 1 aromatic rings. The minimum absolute atomic E-state index is 0.0177. The molecule has 1 aliphatic rings. The van der Waals surface area contributed by atoms with Crippen molar-refractivity contribution >= 4 is 9.84 Å². The lowest BCUT2D eigenvalue weighted by Crippen LogP contribution is -2.23. The van der Waals surface area contributed by atoms with Crippen LogP contribution < -0.4 is 4.74 Å². The van der Waals surface area contributed by atoms with E-state index in [1.165, 1.54) is 0 Å². The molecule has 1 aliphatic heterocycles. The molecule has 100 valence electrons. The first-order valence-electron chi connectivity index (χ1n) is 6.15. The van der Waals surface area contributed by atoms with Gasteiger partial charge in [0.25, 0.3) is 0 Å². The topological polar surface area (TPSA) is 43.4 Å². The van der Waals surface area contributed by atoms with E-state index in [4.69, 9.17) is 4.74 Å². The lowest BCUT2D eigenvalue weighted by Gasteiger charge is -2.22. The van der Waals surface area contributed by atoms with Gasteiger partial charge in [-0.3, -0.25) is 0 Å². The molecular weight excluding hydrogens is 248 g/mol. The van der Waals surface area contributed by atoms with Crippen LogP contribution in [0.3, 0.4) is 0 Å². The molecule has 1 heterocycles. The van der Waals surface area contributed by atoms with Crippen LogP contribution in [-0.4, -0.2) is 20.8 Å². The predicted octanol–water partition coefficient (Wildman–Crippen LogP) is 2.83. The Morgan fingerprint density at radius 1 is 1.33 bits per heavy atom. The number of sulfone groups is 1. The average Bonchev–Trinajstić information content (AvgIpc) is 2.48. The van der Waals surface area contributed by atoms with Gasteiger partial charge in [0.1, 0.15) is 5.75 Å². The molecule has 18 heavy (non-hydrogen) atoms. The number of rotatable bonds is 2. The van der Waals surface area contributed by atoms with Gasteiger partial charge in [-0.1, -0.05) is 26.8 Å². The van der Waals surface area contributed by atoms with E-state index in [1.807, 2.05) is 12.1 Å². The summed E-state index contributed by atoms with van der Waals surface area (Å²) in [6.07, 6.45) is 1.31. The third kappa shape index (κ3) is 2.39. The molecule has 0 spiro atoms. The molecular formula is C14H20O3S. The first-order chi connectivity index (χ1) is 8.24. The van der Waals surface area contributed by atoms with Crippen LogP contribution in [0.1, 0.15) is 32.8 Å². The number of benzene rings is 1. The van der Waals surface area contributed by atoms with Crippen LogP contribution in [0, 0.1) is 5.41 Å². The molecule has 0 bridgehead atoms. The van der Waals surface area contributed by atoms with Gasteiger partial charge in [-0.05, 0) is 36.0 Å². The Labute approximate surface area is 109 Å². The van der Waals surface area contributed by atoms with Crippen molar-refractivity contribution in [3.05, 3.63) is 23.8 Å².